The first-order valence-corrected chi connectivity index (χ1v) is 30.6. The average molecular weight is 1180 g/mol. The van der Waals surface area contributed by atoms with Crippen molar-refractivity contribution in [3.8, 4) is 29.6 Å². The third-order valence-electron chi connectivity index (χ3n) is 8.78. The molecule has 0 saturated heterocycles. The number of nitrogens with zero attached hydrogens (tertiary/aromatic N) is 6. The molecule has 9 heteroatoms. The van der Waals surface area contributed by atoms with Crippen molar-refractivity contribution < 1.29 is 3.07 Å². The van der Waals surface area contributed by atoms with Crippen LogP contribution in [0.4, 0.5) is 0 Å². The highest BCUT2D eigenvalue weighted by Gasteiger charge is 1.98. The third kappa shape index (κ3) is 83.6. The lowest BCUT2D eigenvalue weighted by molar-refractivity contribution is 0.648. The van der Waals surface area contributed by atoms with Crippen molar-refractivity contribution in [1.29, 1.82) is 15.8 Å². The molecule has 0 fully saturated rings. The fraction of sp³-hybridized carbons (Fsp3) is 0.449. The molecule has 0 aliphatic rings. The number of hydrogen-bond acceptors (Lipinski definition) is 7. The average Bonchev–Trinajstić information content (AvgIpc) is 4.08. The number of aromatic amines is 1. The molecule has 5 aromatic carbocycles. The largest absolute Gasteiger partial charge is 0.265 e. The Labute approximate surface area is 491 Å². The van der Waals surface area contributed by atoms with E-state index in [-0.39, 0.29) is 0 Å². The summed E-state index contributed by atoms with van der Waals surface area (Å²) in [5.41, 5.74) is 3.12. The topological polar surface area (TPSA) is 143 Å². The first-order valence-electron chi connectivity index (χ1n) is 28.6. The molecule has 1 heterocycles. The number of tetrazole rings is 1. The van der Waals surface area contributed by atoms with Gasteiger partial charge in [0.15, 0.2) is 21.2 Å². The van der Waals surface area contributed by atoms with Crippen LogP contribution in [0.5, 0.6) is 0 Å². The lowest BCUT2D eigenvalue weighted by Crippen LogP contribution is -1.78. The minimum atomic E-state index is -0.941. The Morgan fingerprint density at radius 3 is 0.833 bits per heavy atom. The zero-order valence-electron chi connectivity index (χ0n) is 51.9. The van der Waals surface area contributed by atoms with Crippen LogP contribution in [0, 0.1) is 37.6 Å². The van der Waals surface area contributed by atoms with Gasteiger partial charge in [-0.2, -0.15) is 21.0 Å². The molecule has 0 aliphatic carbocycles. The molecule has 0 amide bonds. The molecule has 0 spiro atoms. The lowest BCUT2D eigenvalue weighted by Gasteiger charge is -1.89. The summed E-state index contributed by atoms with van der Waals surface area (Å²) >= 11 is -0.941. The molecular weight excluding hydrogens is 1070 g/mol. The second kappa shape index (κ2) is 90.2. The minimum Gasteiger partial charge on any atom is -0.265 e. The first-order chi connectivity index (χ1) is 38.1. The summed E-state index contributed by atoms with van der Waals surface area (Å²) < 4.78 is 11.2. The van der Waals surface area contributed by atoms with E-state index in [1.165, 1.54) is 103 Å². The van der Waals surface area contributed by atoms with Gasteiger partial charge in [0, 0.05) is 9.13 Å². The highest BCUT2D eigenvalue weighted by atomic mass is 127. The van der Waals surface area contributed by atoms with E-state index in [1.807, 2.05) is 154 Å². The lowest BCUT2D eigenvalue weighted by atomic mass is 10.2. The van der Waals surface area contributed by atoms with Crippen molar-refractivity contribution in [2.45, 2.75) is 207 Å². The fourth-order valence-corrected chi connectivity index (χ4v) is 4.79. The van der Waals surface area contributed by atoms with Gasteiger partial charge in [0.2, 0.25) is 5.82 Å². The van der Waals surface area contributed by atoms with Crippen LogP contribution >= 0.6 is 21.2 Å². The van der Waals surface area contributed by atoms with E-state index in [2.05, 4.69) is 123 Å². The predicted molar refractivity (Wildman–Crippen MR) is 353 cm³/mol. The standard InChI is InChI=1S/C7H6N4.3C7H5N.C6H5IO.C6H14.2C5H12.3C4H10.C3H6.C2H6.C2H4/c1-2-4-6(5-3-1)7-8-10-11-9-7;3*8-6-7-4-2-1-3-5-7;8-7-6-4-2-1-3-5-6;1-3-5-6-4-2;2*1-3-5-4-2;3*1-3-4-2;1-3-2;2*1-2/h1-5H,(H,8,9,10,11);4*1-5H;3-6H2,1-2H3;2*3-5H2,1-2H3;3*3-4H2,1-2H3;3H,1H2,2H3;1-2H3;1-2H2. The van der Waals surface area contributed by atoms with Gasteiger partial charge in [0.05, 0.1) is 34.9 Å². The van der Waals surface area contributed by atoms with Crippen LogP contribution in [0.15, 0.2) is 177 Å². The van der Waals surface area contributed by atoms with Crippen LogP contribution in [0.3, 0.4) is 0 Å². The van der Waals surface area contributed by atoms with Crippen molar-refractivity contribution >= 4 is 21.2 Å². The van der Waals surface area contributed by atoms with Crippen LogP contribution in [0.1, 0.15) is 223 Å². The summed E-state index contributed by atoms with van der Waals surface area (Å²) in [7, 11) is 0. The van der Waals surface area contributed by atoms with Crippen molar-refractivity contribution in [2.24, 2.45) is 0 Å². The number of H-pyrrole nitrogens is 1. The number of halogens is 1. The molecule has 0 unspecified atom stereocenters. The molecule has 0 atom stereocenters. The monoisotopic (exact) mass is 1180 g/mol. The molecule has 1 N–H and O–H groups in total. The van der Waals surface area contributed by atoms with Gasteiger partial charge < -0.3 is 0 Å². The van der Waals surface area contributed by atoms with E-state index in [4.69, 9.17) is 15.8 Å². The van der Waals surface area contributed by atoms with E-state index >= 15 is 0 Å². The van der Waals surface area contributed by atoms with E-state index in [1.54, 1.807) is 42.5 Å². The molecule has 0 bridgehead atoms. The summed E-state index contributed by atoms with van der Waals surface area (Å²) in [6, 6.07) is 52.6. The normalized spacial score (nSPS) is 7.95. The molecule has 6 rings (SSSR count). The number of rotatable bonds is 12. The van der Waals surface area contributed by atoms with Crippen LogP contribution < -0.4 is 0 Å². The van der Waals surface area contributed by atoms with Gasteiger partial charge in [-0.25, -0.2) is 0 Å². The molecule has 0 saturated carbocycles. The quantitative estimate of drug-likeness (QED) is 0.0730. The number of hydrogen-bond donors (Lipinski definition) is 1. The number of nitriles is 3. The molecular formula is C69H110IN7O. The Bertz CT molecular complexity index is 1880. The second-order valence-electron chi connectivity index (χ2n) is 15.7. The highest BCUT2D eigenvalue weighted by molar-refractivity contribution is 14.1. The van der Waals surface area contributed by atoms with E-state index in [0.717, 1.165) is 9.13 Å². The van der Waals surface area contributed by atoms with E-state index in [0.29, 0.717) is 22.5 Å². The van der Waals surface area contributed by atoms with Crippen LogP contribution in [-0.2, 0) is 3.07 Å². The number of unbranched alkanes of at least 4 members (excludes halogenated alkanes) is 10. The summed E-state index contributed by atoms with van der Waals surface area (Å²) in [4.78, 5) is 0. The molecule has 0 radical (unpaired) electrons. The maximum absolute atomic E-state index is 10.2. The van der Waals surface area contributed by atoms with E-state index in [9.17, 15) is 3.07 Å². The molecule has 0 aliphatic heterocycles. The van der Waals surface area contributed by atoms with Gasteiger partial charge >= 0.3 is 0 Å². The number of nitrogens with one attached hydrogen (secondary N) is 1. The van der Waals surface area contributed by atoms with Crippen molar-refractivity contribution in [3.63, 3.8) is 0 Å². The Morgan fingerprint density at radius 1 is 0.436 bits per heavy atom. The molecule has 8 nitrogen and oxygen atoms in total. The van der Waals surface area contributed by atoms with Crippen molar-refractivity contribution in [3.05, 3.63) is 198 Å². The Kier molecular flexibility index (Phi) is 102. The Balaban J connectivity index is -0.000000115. The van der Waals surface area contributed by atoms with Gasteiger partial charge in [-0.3, -0.25) is 3.07 Å². The zero-order chi connectivity index (χ0) is 60.8. The number of aromatic nitrogens is 4. The number of allylic oxidation sites excluding steroid dienone is 1. The van der Waals surface area contributed by atoms with Crippen molar-refractivity contribution in [1.82, 2.24) is 20.6 Å². The fourth-order valence-electron chi connectivity index (χ4n) is 4.08. The summed E-state index contributed by atoms with van der Waals surface area (Å²) in [5.74, 6) is 0.630. The predicted octanol–water partition coefficient (Wildman–Crippen LogP) is 23.1. The van der Waals surface area contributed by atoms with Crippen LogP contribution in [-0.4, -0.2) is 20.6 Å². The van der Waals surface area contributed by atoms with Crippen LogP contribution in [0.2, 0.25) is 0 Å². The van der Waals surface area contributed by atoms with Gasteiger partial charge in [0.25, 0.3) is 0 Å². The van der Waals surface area contributed by atoms with E-state index < -0.39 is 21.2 Å². The van der Waals surface area contributed by atoms with Gasteiger partial charge in [-0.05, 0) is 60.7 Å². The maximum Gasteiger partial charge on any atom is 0.204 e. The molecule has 1 aromatic heterocycles. The van der Waals surface area contributed by atoms with Gasteiger partial charge in [-0.1, -0.05) is 309 Å². The molecule has 6 aromatic rings. The molecule has 434 valence electrons. The Morgan fingerprint density at radius 2 is 0.679 bits per heavy atom. The third-order valence-corrected chi connectivity index (χ3v) is 10.0. The summed E-state index contributed by atoms with van der Waals surface area (Å²) in [6.45, 7) is 41.6. The summed E-state index contributed by atoms with van der Waals surface area (Å²) in [5, 5.41) is 38.4. The smallest absolute Gasteiger partial charge is 0.204 e. The first kappa shape index (κ1) is 88.3. The minimum absolute atomic E-state index is 0.630. The number of benzene rings is 5. The van der Waals surface area contributed by atoms with Gasteiger partial charge in [0.1, 0.15) is 0 Å². The zero-order valence-corrected chi connectivity index (χ0v) is 54.1. The summed E-state index contributed by atoms with van der Waals surface area (Å²) in [6.07, 6.45) is 23.4. The second-order valence-corrected chi connectivity index (χ2v) is 17.4. The molecule has 78 heavy (non-hydrogen) atoms. The Hall–Kier alpha value is -6.35. The SMILES string of the molecule is C=C.C=CC.CC.CCCC.CCCC.CCCC.CCCCC.CCCCC.CCCCCC.N#Cc1ccccc1.N#Cc1ccccc1.N#Cc1ccccc1.O=Ic1ccccc1.c1ccc(-c2nn[nH]n2)cc1. The highest BCUT2D eigenvalue weighted by Crippen LogP contribution is 2.10. The van der Waals surface area contributed by atoms with Crippen molar-refractivity contribution in [2.75, 3.05) is 0 Å². The van der Waals surface area contributed by atoms with Gasteiger partial charge in [-0.15, -0.1) is 29.9 Å². The van der Waals surface area contributed by atoms with Crippen LogP contribution in [0.25, 0.3) is 11.4 Å². The maximum atomic E-state index is 10.2.